The third-order valence-corrected chi connectivity index (χ3v) is 11.7. The van der Waals surface area contributed by atoms with E-state index < -0.39 is 19.6 Å². The Hall–Kier alpha value is 0.799. The summed E-state index contributed by atoms with van der Waals surface area (Å²) in [5.41, 5.74) is 0. The molecule has 0 fully saturated rings. The monoisotopic (exact) mass is 293 g/mol. The van der Waals surface area contributed by atoms with Crippen molar-refractivity contribution in [2.45, 2.75) is 72.6 Å². The van der Waals surface area contributed by atoms with E-state index in [4.69, 9.17) is 0.598 Å². The van der Waals surface area contributed by atoms with Gasteiger partial charge in [0.25, 0.3) is 0 Å². The molecule has 13 heavy (non-hydrogen) atoms. The fourth-order valence-electron chi connectivity index (χ4n) is 1.66. The van der Waals surface area contributed by atoms with Crippen LogP contribution in [0.4, 0.5) is 0 Å². The third-order valence-electron chi connectivity index (χ3n) is 2.65. The molecular weight excluding hydrogens is 263 g/mol. The van der Waals surface area contributed by atoms with Gasteiger partial charge in [-0.1, -0.05) is 0 Å². The van der Waals surface area contributed by atoms with Crippen LogP contribution in [-0.2, 0) is 0 Å². The first kappa shape index (κ1) is 11.9. The van der Waals surface area contributed by atoms with Crippen molar-refractivity contribution in [1.29, 1.82) is 0.598 Å². The second-order valence-electron chi connectivity index (χ2n) is 4.06. The van der Waals surface area contributed by atoms with Gasteiger partial charge in [-0.25, -0.2) is 0 Å². The maximum atomic E-state index is 8.64. The number of hydrogen-bond acceptors (Lipinski definition) is 0. The zero-order chi connectivity index (χ0) is 10.9. The van der Waals surface area contributed by atoms with Gasteiger partial charge in [-0.2, -0.15) is 0 Å². The molecule has 0 amide bonds. The van der Waals surface area contributed by atoms with Crippen LogP contribution in [0, 0.1) is 0 Å². The maximum absolute atomic E-state index is 8.64. The molecule has 0 rings (SSSR count). The molecule has 0 aliphatic heterocycles. The molecule has 0 unspecified atom stereocenters. The fourth-order valence-corrected chi connectivity index (χ4v) is 11.1. The molecule has 0 bridgehead atoms. The number of unbranched alkanes of at least 4 members (excludes halogenated alkanes) is 3. The minimum atomic E-state index is -2.31. The van der Waals surface area contributed by atoms with Gasteiger partial charge in [0.05, 0.1) is 0 Å². The van der Waals surface area contributed by atoms with Gasteiger partial charge < -0.3 is 0 Å². The van der Waals surface area contributed by atoms with Crippen molar-refractivity contribution < 1.29 is 0 Å². The van der Waals surface area contributed by atoms with Crippen LogP contribution in [0.25, 0.3) is 0 Å². The molecular formula is C12H28Sn. The van der Waals surface area contributed by atoms with E-state index in [9.17, 15) is 0 Å². The van der Waals surface area contributed by atoms with E-state index in [0.717, 1.165) is 0 Å². The van der Waals surface area contributed by atoms with Crippen LogP contribution in [0.2, 0.25) is 13.3 Å². The Morgan fingerprint density at radius 1 is 0.769 bits per heavy atom. The summed E-state index contributed by atoms with van der Waals surface area (Å²) in [6.07, 6.45) is 7.84. The van der Waals surface area contributed by atoms with Crippen LogP contribution in [0.3, 0.4) is 0 Å². The molecule has 80 valence electrons. The molecule has 0 atom stereocenters. The fraction of sp³-hybridized carbons (Fsp3) is 1.00. The average Bonchev–Trinajstić information content (AvgIpc) is 2.21. The molecule has 0 nitrogen and oxygen atoms in total. The van der Waals surface area contributed by atoms with E-state index in [0.29, 0.717) is 0 Å². The molecule has 0 radical (unpaired) electrons. The molecule has 0 heterocycles. The first-order valence-corrected chi connectivity index (χ1v) is 12.2. The van der Waals surface area contributed by atoms with Crippen LogP contribution >= 0.6 is 0 Å². The van der Waals surface area contributed by atoms with Crippen molar-refractivity contribution in [3.63, 3.8) is 0 Å². The number of hydrogen-bond donors (Lipinski definition) is 0. The molecule has 0 saturated heterocycles. The average molecular weight is 292 g/mol. The van der Waals surface area contributed by atoms with Crippen molar-refractivity contribution in [3.8, 4) is 0 Å². The van der Waals surface area contributed by atoms with Crippen molar-refractivity contribution in [1.82, 2.24) is 0 Å². The van der Waals surface area contributed by atoms with Gasteiger partial charge in [-0.3, -0.25) is 0 Å². The summed E-state index contributed by atoms with van der Waals surface area (Å²) in [6.45, 7) is 6.77. The normalized spacial score (nSPS) is 13.0. The van der Waals surface area contributed by atoms with E-state index in [1.807, 2.05) is 0 Å². The summed E-state index contributed by atoms with van der Waals surface area (Å²) in [4.78, 5) is 0. The Morgan fingerprint density at radius 2 is 1.08 bits per heavy atom. The predicted octanol–water partition coefficient (Wildman–Crippen LogP) is 4.61. The summed E-state index contributed by atoms with van der Waals surface area (Å²) < 4.78 is 12.6. The van der Waals surface area contributed by atoms with Crippen LogP contribution < -0.4 is 0 Å². The molecule has 0 aromatic carbocycles. The van der Waals surface area contributed by atoms with Crippen LogP contribution in [0.5, 0.6) is 0 Å². The van der Waals surface area contributed by atoms with Crippen LogP contribution in [0.1, 0.15) is 59.3 Å². The van der Waals surface area contributed by atoms with Crippen molar-refractivity contribution >= 4 is 19.6 Å². The van der Waals surface area contributed by atoms with Gasteiger partial charge in [-0.05, 0) is 0 Å². The summed E-state index contributed by atoms with van der Waals surface area (Å²) in [6, 6.07) is 0. The van der Waals surface area contributed by atoms with E-state index in [1.165, 1.54) is 51.8 Å². The second-order valence-corrected chi connectivity index (χ2v) is 12.6. The standard InChI is InChI=1S/3C4H9.Sn.H/c3*1-3-4-2;;/h3*1,3-4H2,2H3;;/i;;;;1+1. The quantitative estimate of drug-likeness (QED) is 0.544. The molecule has 0 N–H and O–H groups in total. The van der Waals surface area contributed by atoms with Gasteiger partial charge in [0.15, 0.2) is 0 Å². The van der Waals surface area contributed by atoms with E-state index in [2.05, 4.69) is 20.8 Å². The van der Waals surface area contributed by atoms with E-state index >= 15 is 0 Å². The Morgan fingerprint density at radius 3 is 1.31 bits per heavy atom. The summed E-state index contributed by atoms with van der Waals surface area (Å²) >= 11 is -2.31. The third kappa shape index (κ3) is 9.11. The Kier molecular flexibility index (Phi) is 9.93. The number of rotatable bonds is 9. The molecule has 0 aromatic rings. The summed E-state index contributed by atoms with van der Waals surface area (Å²) in [5, 5.41) is 0. The van der Waals surface area contributed by atoms with Gasteiger partial charge in [0.1, 0.15) is 0 Å². The summed E-state index contributed by atoms with van der Waals surface area (Å²) in [7, 11) is 0. The molecule has 0 spiro atoms. The van der Waals surface area contributed by atoms with E-state index in [1.54, 1.807) is 0 Å². The van der Waals surface area contributed by atoms with Gasteiger partial charge in [0.2, 0.25) is 0 Å². The predicted molar refractivity (Wildman–Crippen MR) is 66.3 cm³/mol. The Labute approximate surface area is 92.7 Å². The van der Waals surface area contributed by atoms with Crippen molar-refractivity contribution in [2.75, 3.05) is 0 Å². The van der Waals surface area contributed by atoms with Crippen molar-refractivity contribution in [2.24, 2.45) is 0 Å². The Balaban J connectivity index is 3.89. The first-order valence-electron chi connectivity index (χ1n) is 6.68. The van der Waals surface area contributed by atoms with Gasteiger partial charge in [0, 0.05) is 0 Å². The minimum absolute atomic E-state index is 1.29. The van der Waals surface area contributed by atoms with Gasteiger partial charge in [-0.15, -0.1) is 0 Å². The SMILES string of the molecule is [2H][Sn]([CH2]CCC)([CH2]CCC)[CH2]CCC. The first-order chi connectivity index (χ1) is 6.68. The summed E-state index contributed by atoms with van der Waals surface area (Å²) in [5.74, 6) is 0. The second kappa shape index (κ2) is 10.9. The molecule has 0 aliphatic carbocycles. The Bertz CT molecular complexity index is 104. The molecule has 0 aliphatic rings. The van der Waals surface area contributed by atoms with Crippen molar-refractivity contribution in [3.05, 3.63) is 0 Å². The van der Waals surface area contributed by atoms with Crippen LogP contribution in [0.15, 0.2) is 0 Å². The zero-order valence-corrected chi connectivity index (χ0v) is 12.7. The molecule has 1 heteroatoms. The van der Waals surface area contributed by atoms with Gasteiger partial charge >= 0.3 is 92.8 Å². The molecule has 0 aromatic heterocycles. The van der Waals surface area contributed by atoms with Crippen LogP contribution in [-0.4, -0.2) is 20.2 Å². The zero-order valence-electron chi connectivity index (χ0n) is 10.9. The topological polar surface area (TPSA) is 0 Å². The van der Waals surface area contributed by atoms with E-state index in [-0.39, 0.29) is 0 Å². The molecule has 0 saturated carbocycles.